The summed E-state index contributed by atoms with van der Waals surface area (Å²) in [7, 11) is 0. The number of alkyl halides is 3. The third-order valence-corrected chi connectivity index (χ3v) is 4.30. The second-order valence-corrected chi connectivity index (χ2v) is 6.02. The van der Waals surface area contributed by atoms with E-state index in [1.54, 1.807) is 24.3 Å². The predicted octanol–water partition coefficient (Wildman–Crippen LogP) is 2.22. The molecule has 2 N–H and O–H groups in total. The van der Waals surface area contributed by atoms with Crippen LogP contribution in [-0.4, -0.2) is 52.6 Å². The normalized spacial score (nSPS) is 23.1. The van der Waals surface area contributed by atoms with Crippen LogP contribution in [-0.2, 0) is 4.79 Å². The Morgan fingerprint density at radius 1 is 1.33 bits per heavy atom. The van der Waals surface area contributed by atoms with Gasteiger partial charge in [-0.1, -0.05) is 12.1 Å². The number of hydrogen-bond acceptors (Lipinski definition) is 4. The van der Waals surface area contributed by atoms with Crippen LogP contribution in [0, 0.1) is 0 Å². The lowest BCUT2D eigenvalue weighted by molar-refractivity contribution is -0.254. The Labute approximate surface area is 137 Å². The number of ketones is 1. The van der Waals surface area contributed by atoms with E-state index in [0.717, 1.165) is 0 Å². The van der Waals surface area contributed by atoms with E-state index in [9.17, 15) is 27.9 Å². The van der Waals surface area contributed by atoms with Gasteiger partial charge in [0.1, 0.15) is 0 Å². The highest BCUT2D eigenvalue weighted by molar-refractivity contribution is 6.04. The number of nitrogens with one attached hydrogen (secondary N) is 1. The standard InChI is InChI=1S/C16H19F3N2O3/c1-10(21-8-7-15(24,9-21)16(17,18)19)14(23)20-13-6-4-3-5-12(13)11(2)22/h3-6,10,24H,7-9H2,1-2H3,(H,20,23)/t10-,15-/m1/s1. The number of aliphatic hydroxyl groups is 1. The van der Waals surface area contributed by atoms with E-state index < -0.39 is 36.7 Å². The third kappa shape index (κ3) is 3.59. The monoisotopic (exact) mass is 344 g/mol. The van der Waals surface area contributed by atoms with Crippen LogP contribution < -0.4 is 5.32 Å². The highest BCUT2D eigenvalue weighted by Crippen LogP contribution is 2.38. The first-order valence-electron chi connectivity index (χ1n) is 7.49. The van der Waals surface area contributed by atoms with E-state index in [0.29, 0.717) is 11.3 Å². The number of anilines is 1. The van der Waals surface area contributed by atoms with Crippen molar-refractivity contribution in [1.29, 1.82) is 0 Å². The van der Waals surface area contributed by atoms with Crippen LogP contribution in [0.3, 0.4) is 0 Å². The van der Waals surface area contributed by atoms with Gasteiger partial charge < -0.3 is 10.4 Å². The van der Waals surface area contributed by atoms with E-state index in [1.807, 2.05) is 0 Å². The first-order chi connectivity index (χ1) is 11.0. The van der Waals surface area contributed by atoms with Gasteiger partial charge in [-0.15, -0.1) is 0 Å². The Morgan fingerprint density at radius 2 is 1.96 bits per heavy atom. The topological polar surface area (TPSA) is 69.6 Å². The van der Waals surface area contributed by atoms with Crippen LogP contribution in [0.1, 0.15) is 30.6 Å². The summed E-state index contributed by atoms with van der Waals surface area (Å²) in [5.74, 6) is -0.763. The van der Waals surface area contributed by atoms with E-state index in [4.69, 9.17) is 0 Å². The average molecular weight is 344 g/mol. The number of halogens is 3. The van der Waals surface area contributed by atoms with Crippen molar-refractivity contribution in [3.05, 3.63) is 29.8 Å². The van der Waals surface area contributed by atoms with Crippen molar-refractivity contribution in [3.63, 3.8) is 0 Å². The second-order valence-electron chi connectivity index (χ2n) is 6.02. The number of nitrogens with zero attached hydrogens (tertiary/aromatic N) is 1. The zero-order valence-electron chi connectivity index (χ0n) is 13.4. The van der Waals surface area contributed by atoms with Gasteiger partial charge in [-0.3, -0.25) is 14.5 Å². The fourth-order valence-electron chi connectivity index (χ4n) is 2.69. The maximum absolute atomic E-state index is 12.9. The summed E-state index contributed by atoms with van der Waals surface area (Å²) >= 11 is 0. The van der Waals surface area contributed by atoms with Gasteiger partial charge in [-0.2, -0.15) is 13.2 Å². The molecule has 132 valence electrons. The number of rotatable bonds is 4. The number of Topliss-reactive ketones (excluding diaryl/α,β-unsaturated/α-hetero) is 1. The molecular formula is C16H19F3N2O3. The van der Waals surface area contributed by atoms with E-state index in [2.05, 4.69) is 5.32 Å². The molecule has 0 spiro atoms. The van der Waals surface area contributed by atoms with Crippen molar-refractivity contribution in [3.8, 4) is 0 Å². The highest BCUT2D eigenvalue weighted by Gasteiger charge is 2.57. The number of benzene rings is 1. The van der Waals surface area contributed by atoms with Crippen molar-refractivity contribution in [2.24, 2.45) is 0 Å². The van der Waals surface area contributed by atoms with Crippen molar-refractivity contribution in [1.82, 2.24) is 4.90 Å². The van der Waals surface area contributed by atoms with Crippen LogP contribution in [0.25, 0.3) is 0 Å². The molecule has 1 aromatic carbocycles. The summed E-state index contributed by atoms with van der Waals surface area (Å²) in [6.45, 7) is 2.13. The van der Waals surface area contributed by atoms with Crippen molar-refractivity contribution in [2.45, 2.75) is 38.1 Å². The largest absolute Gasteiger partial charge is 0.418 e. The summed E-state index contributed by atoms with van der Waals surface area (Å²) in [4.78, 5) is 25.1. The summed E-state index contributed by atoms with van der Waals surface area (Å²) in [6, 6.07) is 5.53. The maximum Gasteiger partial charge on any atom is 0.418 e. The van der Waals surface area contributed by atoms with Crippen LogP contribution in [0.4, 0.5) is 18.9 Å². The number of likely N-dealkylation sites (tertiary alicyclic amines) is 1. The lowest BCUT2D eigenvalue weighted by Crippen LogP contribution is -2.49. The SMILES string of the molecule is CC(=O)c1ccccc1NC(=O)[C@@H](C)N1CC[C@](O)(C(F)(F)F)C1. The highest BCUT2D eigenvalue weighted by atomic mass is 19.4. The fraction of sp³-hybridized carbons (Fsp3) is 0.500. The fourth-order valence-corrected chi connectivity index (χ4v) is 2.69. The van der Waals surface area contributed by atoms with Gasteiger partial charge in [0.15, 0.2) is 11.4 Å². The number of para-hydroxylation sites is 1. The number of carbonyl (C=O) groups excluding carboxylic acids is 2. The summed E-state index contributed by atoms with van der Waals surface area (Å²) in [5.41, 5.74) is -2.16. The Hall–Kier alpha value is -1.93. The number of hydrogen-bond donors (Lipinski definition) is 2. The molecule has 24 heavy (non-hydrogen) atoms. The zero-order chi connectivity index (χ0) is 18.1. The van der Waals surface area contributed by atoms with Crippen molar-refractivity contribution >= 4 is 17.4 Å². The lowest BCUT2D eigenvalue weighted by Gasteiger charge is -2.28. The Bertz CT molecular complexity index is 648. The predicted molar refractivity (Wildman–Crippen MR) is 81.7 cm³/mol. The average Bonchev–Trinajstić information content (AvgIpc) is 2.90. The molecule has 8 heteroatoms. The van der Waals surface area contributed by atoms with E-state index >= 15 is 0 Å². The van der Waals surface area contributed by atoms with Gasteiger partial charge in [0.05, 0.1) is 11.7 Å². The minimum atomic E-state index is -4.74. The van der Waals surface area contributed by atoms with E-state index in [-0.39, 0.29) is 12.3 Å². The van der Waals surface area contributed by atoms with E-state index in [1.165, 1.54) is 18.7 Å². The molecule has 1 amide bonds. The second kappa shape index (κ2) is 6.52. The van der Waals surface area contributed by atoms with Crippen molar-refractivity contribution in [2.75, 3.05) is 18.4 Å². The maximum atomic E-state index is 12.9. The molecule has 1 aliphatic rings. The summed E-state index contributed by atoms with van der Waals surface area (Å²) in [5, 5.41) is 12.3. The van der Waals surface area contributed by atoms with Gasteiger partial charge in [0.2, 0.25) is 5.91 Å². The Morgan fingerprint density at radius 3 is 2.50 bits per heavy atom. The van der Waals surface area contributed by atoms with Crippen molar-refractivity contribution < 1.29 is 27.9 Å². The number of amides is 1. The molecule has 0 radical (unpaired) electrons. The van der Waals surface area contributed by atoms with Crippen LogP contribution >= 0.6 is 0 Å². The van der Waals surface area contributed by atoms with Gasteiger partial charge in [0, 0.05) is 18.7 Å². The van der Waals surface area contributed by atoms with Crippen LogP contribution in [0.15, 0.2) is 24.3 Å². The molecule has 1 saturated heterocycles. The molecule has 0 saturated carbocycles. The first kappa shape index (κ1) is 18.4. The molecule has 1 fully saturated rings. The summed E-state index contributed by atoms with van der Waals surface area (Å²) < 4.78 is 38.6. The Balaban J connectivity index is 2.08. The molecule has 0 unspecified atom stereocenters. The molecule has 5 nitrogen and oxygen atoms in total. The summed E-state index contributed by atoms with van der Waals surface area (Å²) in [6.07, 6.45) is -5.21. The zero-order valence-corrected chi connectivity index (χ0v) is 13.4. The van der Waals surface area contributed by atoms with Crippen LogP contribution in [0.2, 0.25) is 0 Å². The number of carbonyl (C=O) groups is 2. The smallest absolute Gasteiger partial charge is 0.379 e. The number of β-amino-alcohol motifs (C(OH)–C–C–N with tert-alkyl or cyclic N) is 1. The molecule has 2 rings (SSSR count). The minimum absolute atomic E-state index is 0.0427. The van der Waals surface area contributed by atoms with Gasteiger partial charge in [-0.05, 0) is 32.4 Å². The van der Waals surface area contributed by atoms with Gasteiger partial charge in [-0.25, -0.2) is 0 Å². The molecule has 0 aliphatic carbocycles. The Kier molecular flexibility index (Phi) is 5.00. The molecule has 1 aliphatic heterocycles. The molecule has 0 aromatic heterocycles. The minimum Gasteiger partial charge on any atom is -0.379 e. The molecular weight excluding hydrogens is 325 g/mol. The molecule has 1 aromatic rings. The van der Waals surface area contributed by atoms with Crippen LogP contribution in [0.5, 0.6) is 0 Å². The molecule has 0 bridgehead atoms. The third-order valence-electron chi connectivity index (χ3n) is 4.30. The quantitative estimate of drug-likeness (QED) is 0.822. The first-order valence-corrected chi connectivity index (χ1v) is 7.49. The lowest BCUT2D eigenvalue weighted by atomic mass is 10.0. The molecule has 2 atom stereocenters. The molecule has 1 heterocycles. The van der Waals surface area contributed by atoms with Gasteiger partial charge in [0.25, 0.3) is 0 Å². The van der Waals surface area contributed by atoms with Gasteiger partial charge >= 0.3 is 6.18 Å².